The fourth-order valence-corrected chi connectivity index (χ4v) is 9.41. The maximum absolute atomic E-state index is 13.0. The number of benzene rings is 3. The molecule has 0 saturated heterocycles. The molecule has 0 bridgehead atoms. The van der Waals surface area contributed by atoms with Gasteiger partial charge in [0.15, 0.2) is 0 Å². The summed E-state index contributed by atoms with van der Waals surface area (Å²) < 4.78 is 38.6. The van der Waals surface area contributed by atoms with Gasteiger partial charge < -0.3 is 0 Å². The molecule has 0 aliphatic carbocycles. The SMILES string of the molecule is COc1ccc(I(OS(=O)(=O)c2ccc(C)cc2)c2ccc(CN=[N+]=[N-])cc2)cc1. The predicted molar refractivity (Wildman–Crippen MR) is 123 cm³/mol. The minimum absolute atomic E-state index is 0.129. The Morgan fingerprint density at radius 2 is 1.50 bits per heavy atom. The summed E-state index contributed by atoms with van der Waals surface area (Å²) in [6, 6.07) is 21.1. The summed E-state index contributed by atoms with van der Waals surface area (Å²) in [6.45, 7) is 2.13. The van der Waals surface area contributed by atoms with Crippen LogP contribution in [0.25, 0.3) is 10.4 Å². The van der Waals surface area contributed by atoms with E-state index in [0.29, 0.717) is 5.75 Å². The molecule has 0 unspecified atom stereocenters. The summed E-state index contributed by atoms with van der Waals surface area (Å²) in [4.78, 5) is 2.89. The van der Waals surface area contributed by atoms with Gasteiger partial charge in [-0.15, -0.1) is 0 Å². The van der Waals surface area contributed by atoms with Gasteiger partial charge in [0.2, 0.25) is 0 Å². The Morgan fingerprint density at radius 1 is 0.933 bits per heavy atom. The van der Waals surface area contributed by atoms with E-state index < -0.39 is 30.4 Å². The third-order valence-electron chi connectivity index (χ3n) is 4.13. The van der Waals surface area contributed by atoms with Gasteiger partial charge in [-0.2, -0.15) is 0 Å². The van der Waals surface area contributed by atoms with Gasteiger partial charge in [-0.1, -0.05) is 0 Å². The number of rotatable bonds is 8. The third kappa shape index (κ3) is 5.51. The first kappa shape index (κ1) is 22.1. The predicted octanol–water partition coefficient (Wildman–Crippen LogP) is 5.68. The van der Waals surface area contributed by atoms with Crippen molar-refractivity contribution in [3.63, 3.8) is 0 Å². The van der Waals surface area contributed by atoms with E-state index in [9.17, 15) is 8.42 Å². The van der Waals surface area contributed by atoms with Gasteiger partial charge in [-0.3, -0.25) is 0 Å². The van der Waals surface area contributed by atoms with Crippen molar-refractivity contribution in [2.24, 2.45) is 5.11 Å². The zero-order chi connectivity index (χ0) is 21.6. The van der Waals surface area contributed by atoms with Crippen molar-refractivity contribution in [1.82, 2.24) is 0 Å². The molecular weight excluding hydrogens is 517 g/mol. The third-order valence-corrected chi connectivity index (χ3v) is 11.5. The maximum atomic E-state index is 13.0. The van der Waals surface area contributed by atoms with Crippen LogP contribution in [0.5, 0.6) is 5.75 Å². The van der Waals surface area contributed by atoms with Crippen molar-refractivity contribution in [2.45, 2.75) is 18.4 Å². The van der Waals surface area contributed by atoms with Crippen LogP contribution in [0, 0.1) is 14.1 Å². The van der Waals surface area contributed by atoms with Crippen molar-refractivity contribution in [2.75, 3.05) is 7.11 Å². The van der Waals surface area contributed by atoms with Crippen LogP contribution in [0.1, 0.15) is 11.1 Å². The number of hydrogen-bond donors (Lipinski definition) is 0. The molecular formula is C21H20IN3O4S. The van der Waals surface area contributed by atoms with E-state index >= 15 is 0 Å². The Bertz CT molecular complexity index is 1140. The first-order chi connectivity index (χ1) is 14.4. The van der Waals surface area contributed by atoms with E-state index in [2.05, 4.69) is 10.0 Å². The topological polar surface area (TPSA) is 101 Å². The van der Waals surface area contributed by atoms with E-state index in [4.69, 9.17) is 12.8 Å². The van der Waals surface area contributed by atoms with Gasteiger partial charge >= 0.3 is 184 Å². The van der Waals surface area contributed by atoms with Crippen LogP contribution in [0.2, 0.25) is 0 Å². The Balaban J connectivity index is 1.98. The molecule has 3 rings (SSSR count). The summed E-state index contributed by atoms with van der Waals surface area (Å²) in [5.41, 5.74) is 10.3. The number of nitrogens with zero attached hydrogens (tertiary/aromatic N) is 3. The molecule has 30 heavy (non-hydrogen) atoms. The second-order valence-corrected chi connectivity index (χ2v) is 12.7. The molecule has 0 saturated carbocycles. The van der Waals surface area contributed by atoms with Crippen LogP contribution in [0.4, 0.5) is 0 Å². The molecule has 0 aromatic heterocycles. The Labute approximate surface area is 183 Å². The fraction of sp³-hybridized carbons (Fsp3) is 0.143. The molecule has 156 valence electrons. The number of aryl methyl sites for hydroxylation is 1. The van der Waals surface area contributed by atoms with Crippen LogP contribution in [0.3, 0.4) is 0 Å². The second kappa shape index (κ2) is 9.94. The number of hydrogen-bond acceptors (Lipinski definition) is 5. The Morgan fingerprint density at radius 3 is 2.03 bits per heavy atom. The zero-order valence-electron chi connectivity index (χ0n) is 16.4. The molecule has 0 radical (unpaired) electrons. The van der Waals surface area contributed by atoms with Crippen LogP contribution < -0.4 is 4.74 Å². The molecule has 0 heterocycles. The Hall–Kier alpha value is -2.59. The number of ether oxygens (including phenoxy) is 1. The summed E-state index contributed by atoms with van der Waals surface area (Å²) >= 11 is -2.81. The van der Waals surface area contributed by atoms with Crippen molar-refractivity contribution < 1.29 is 15.7 Å². The van der Waals surface area contributed by atoms with Gasteiger partial charge in [0.25, 0.3) is 0 Å². The summed E-state index contributed by atoms with van der Waals surface area (Å²) in [5.74, 6) is 0.681. The first-order valence-electron chi connectivity index (χ1n) is 8.88. The molecule has 0 aliphatic heterocycles. The average molecular weight is 537 g/mol. The number of halogens is 1. The van der Waals surface area contributed by atoms with E-state index in [1.54, 1.807) is 43.5 Å². The summed E-state index contributed by atoms with van der Waals surface area (Å²) in [7, 11) is -2.37. The minimum atomic E-state index is -3.94. The number of azide groups is 1. The van der Waals surface area contributed by atoms with E-state index in [1.807, 2.05) is 43.3 Å². The van der Waals surface area contributed by atoms with Crippen LogP contribution in [0.15, 0.2) is 82.8 Å². The quantitative estimate of drug-likeness (QED) is 0.160. The molecule has 0 N–H and O–H groups in total. The van der Waals surface area contributed by atoms with Gasteiger partial charge in [-0.25, -0.2) is 0 Å². The van der Waals surface area contributed by atoms with Crippen molar-refractivity contribution >= 4 is 30.4 Å². The molecule has 3 aromatic carbocycles. The van der Waals surface area contributed by atoms with Gasteiger partial charge in [0.1, 0.15) is 0 Å². The molecule has 0 spiro atoms. The van der Waals surface area contributed by atoms with Gasteiger partial charge in [-0.05, 0) is 0 Å². The first-order valence-corrected chi connectivity index (χ1v) is 13.3. The molecule has 0 amide bonds. The zero-order valence-corrected chi connectivity index (χ0v) is 19.4. The van der Waals surface area contributed by atoms with Crippen LogP contribution in [-0.2, 0) is 19.2 Å². The molecule has 0 fully saturated rings. The van der Waals surface area contributed by atoms with Crippen LogP contribution in [-0.4, -0.2) is 15.5 Å². The Kier molecular flexibility index (Phi) is 7.33. The summed E-state index contributed by atoms with van der Waals surface area (Å²) in [6.07, 6.45) is 0. The van der Waals surface area contributed by atoms with Crippen molar-refractivity contribution in [3.8, 4) is 5.75 Å². The van der Waals surface area contributed by atoms with Crippen LogP contribution >= 0.6 is 20.2 Å². The van der Waals surface area contributed by atoms with E-state index in [-0.39, 0.29) is 11.4 Å². The molecule has 7 nitrogen and oxygen atoms in total. The van der Waals surface area contributed by atoms with Crippen molar-refractivity contribution in [1.29, 1.82) is 0 Å². The monoisotopic (exact) mass is 537 g/mol. The van der Waals surface area contributed by atoms with Crippen molar-refractivity contribution in [3.05, 3.63) is 102 Å². The molecule has 3 aromatic rings. The van der Waals surface area contributed by atoms with Gasteiger partial charge in [0, 0.05) is 0 Å². The van der Waals surface area contributed by atoms with E-state index in [0.717, 1.165) is 18.3 Å². The average Bonchev–Trinajstić information content (AvgIpc) is 2.77. The number of methoxy groups -OCH3 is 1. The van der Waals surface area contributed by atoms with E-state index in [1.165, 1.54) is 0 Å². The molecule has 0 aliphatic rings. The summed E-state index contributed by atoms with van der Waals surface area (Å²) in [5, 5.41) is 3.55. The second-order valence-electron chi connectivity index (χ2n) is 6.25. The fourth-order valence-electron chi connectivity index (χ4n) is 2.53. The standard InChI is InChI=1S/C21H20IN3O4S/c1-16-3-13-21(14-4-16)30(26,27)29-22(19-9-11-20(28-2)12-10-19)18-7-5-17(6-8-18)15-24-25-23/h3-14H,15H2,1-2H3. The molecule has 9 heteroatoms. The molecule has 0 atom stereocenters. The van der Waals surface area contributed by atoms with Gasteiger partial charge in [0.05, 0.1) is 0 Å². The normalized spacial score (nSPS) is 11.5.